The number of rotatable bonds is 8. The van der Waals surface area contributed by atoms with Crippen molar-refractivity contribution in [2.45, 2.75) is 70.6 Å². The number of piperazine rings is 1. The van der Waals surface area contributed by atoms with Gasteiger partial charge in [-0.05, 0) is 83.2 Å². The van der Waals surface area contributed by atoms with Crippen LogP contribution in [0.3, 0.4) is 0 Å². The van der Waals surface area contributed by atoms with Gasteiger partial charge in [-0.2, -0.15) is 0 Å². The van der Waals surface area contributed by atoms with Gasteiger partial charge in [0.05, 0.1) is 28.9 Å². The highest BCUT2D eigenvalue weighted by Crippen LogP contribution is 2.34. The summed E-state index contributed by atoms with van der Waals surface area (Å²) in [7, 11) is 0. The SMILES string of the molecule is CC(C)(C)OC(=O)N1CCNC[C@@H]1CN(CCCCN1C(=O)c2ccccc2C1=O)[C@H]1CCCc2cccnc21. The van der Waals surface area contributed by atoms with Gasteiger partial charge in [-0.25, -0.2) is 4.79 Å². The van der Waals surface area contributed by atoms with E-state index in [4.69, 9.17) is 9.72 Å². The maximum absolute atomic E-state index is 13.1. The first-order chi connectivity index (χ1) is 19.2. The lowest BCUT2D eigenvalue weighted by atomic mass is 9.90. The van der Waals surface area contributed by atoms with Crippen LogP contribution in [-0.2, 0) is 11.2 Å². The topological polar surface area (TPSA) is 95.1 Å². The monoisotopic (exact) mass is 547 g/mol. The molecule has 0 radical (unpaired) electrons. The Morgan fingerprint density at radius 2 is 1.85 bits per heavy atom. The third kappa shape index (κ3) is 6.20. The Morgan fingerprint density at radius 1 is 1.10 bits per heavy atom. The number of ether oxygens (including phenoxy) is 1. The van der Waals surface area contributed by atoms with E-state index in [9.17, 15) is 14.4 Å². The lowest BCUT2D eigenvalue weighted by Crippen LogP contribution is -2.58. The molecule has 214 valence electrons. The number of carbonyl (C=O) groups is 3. The van der Waals surface area contributed by atoms with E-state index < -0.39 is 5.60 Å². The quantitative estimate of drug-likeness (QED) is 0.394. The third-order valence-corrected chi connectivity index (χ3v) is 7.98. The third-order valence-electron chi connectivity index (χ3n) is 7.98. The number of nitrogens with zero attached hydrogens (tertiary/aromatic N) is 4. The van der Waals surface area contributed by atoms with E-state index in [0.29, 0.717) is 43.7 Å². The van der Waals surface area contributed by atoms with Gasteiger partial charge in [0, 0.05) is 38.9 Å². The van der Waals surface area contributed by atoms with E-state index >= 15 is 0 Å². The molecule has 2 atom stereocenters. The first-order valence-corrected chi connectivity index (χ1v) is 14.6. The van der Waals surface area contributed by atoms with Gasteiger partial charge in [-0.15, -0.1) is 0 Å². The Hall–Kier alpha value is -3.30. The Kier molecular flexibility index (Phi) is 8.51. The number of amides is 3. The number of aryl methyl sites for hydroxylation is 1. The zero-order chi connectivity index (χ0) is 28.3. The summed E-state index contributed by atoms with van der Waals surface area (Å²) in [5.41, 5.74) is 2.85. The molecule has 3 heterocycles. The summed E-state index contributed by atoms with van der Waals surface area (Å²) in [4.78, 5) is 49.2. The molecule has 0 saturated carbocycles. The number of imide groups is 1. The minimum absolute atomic E-state index is 0.0334. The number of pyridine rings is 1. The van der Waals surface area contributed by atoms with Crippen LogP contribution in [0.4, 0.5) is 4.79 Å². The Balaban J connectivity index is 1.28. The van der Waals surface area contributed by atoms with E-state index in [-0.39, 0.29) is 30.0 Å². The summed E-state index contributed by atoms with van der Waals surface area (Å²) in [6.07, 6.45) is 6.26. The molecule has 1 aliphatic carbocycles. The highest BCUT2D eigenvalue weighted by Gasteiger charge is 2.36. The van der Waals surface area contributed by atoms with Crippen molar-refractivity contribution in [1.29, 1.82) is 0 Å². The minimum atomic E-state index is -0.553. The Morgan fingerprint density at radius 3 is 2.58 bits per heavy atom. The molecule has 3 aliphatic rings. The Labute approximate surface area is 236 Å². The van der Waals surface area contributed by atoms with Crippen LogP contribution in [0.1, 0.15) is 84.5 Å². The smallest absolute Gasteiger partial charge is 0.410 e. The molecule has 0 bridgehead atoms. The van der Waals surface area contributed by atoms with Crippen molar-refractivity contribution >= 4 is 17.9 Å². The number of hydrogen-bond acceptors (Lipinski definition) is 7. The molecule has 2 aliphatic heterocycles. The molecule has 3 amide bonds. The standard InChI is InChI=1S/C31H41N5O4/c1-31(2,3)40-30(39)35-19-16-32-20-23(35)21-34(26-14-8-10-22-11-9-15-33-27(22)26)17-6-7-18-36-28(37)24-12-4-5-13-25(24)29(36)38/h4-5,9,11-13,15,23,26,32H,6-8,10,14,16-21H2,1-3H3/t23-,26+/m1/s1. The van der Waals surface area contributed by atoms with Crippen LogP contribution in [0.5, 0.6) is 0 Å². The van der Waals surface area contributed by atoms with Crippen LogP contribution in [-0.4, -0.2) is 88.5 Å². The summed E-state index contributed by atoms with van der Waals surface area (Å²) in [6, 6.07) is 11.3. The molecule has 2 aromatic rings. The van der Waals surface area contributed by atoms with Crippen molar-refractivity contribution in [3.05, 3.63) is 65.0 Å². The second kappa shape index (κ2) is 12.1. The molecular formula is C31H41N5O4. The first-order valence-electron chi connectivity index (χ1n) is 14.6. The fraction of sp³-hybridized carbons (Fsp3) is 0.548. The molecule has 1 aromatic heterocycles. The molecule has 1 N–H and O–H groups in total. The summed E-state index contributed by atoms with van der Waals surface area (Å²) >= 11 is 0. The summed E-state index contributed by atoms with van der Waals surface area (Å²) < 4.78 is 5.75. The fourth-order valence-corrected chi connectivity index (χ4v) is 6.10. The lowest BCUT2D eigenvalue weighted by molar-refractivity contribution is 0.00456. The van der Waals surface area contributed by atoms with Crippen LogP contribution in [0, 0.1) is 0 Å². The zero-order valence-corrected chi connectivity index (χ0v) is 23.9. The number of nitrogens with one attached hydrogen (secondary N) is 1. The normalized spacial score (nSPS) is 21.0. The molecule has 9 heteroatoms. The number of aromatic nitrogens is 1. The van der Waals surface area contributed by atoms with Crippen LogP contribution in [0.15, 0.2) is 42.6 Å². The van der Waals surface area contributed by atoms with Crippen molar-refractivity contribution in [3.8, 4) is 0 Å². The summed E-state index contributed by atoms with van der Waals surface area (Å²) in [5, 5.41) is 3.46. The number of fused-ring (bicyclic) bond motifs is 2. The average Bonchev–Trinajstić information content (AvgIpc) is 3.18. The lowest BCUT2D eigenvalue weighted by Gasteiger charge is -2.42. The number of benzene rings is 1. The highest BCUT2D eigenvalue weighted by molar-refractivity contribution is 6.21. The van der Waals surface area contributed by atoms with Gasteiger partial charge >= 0.3 is 6.09 Å². The van der Waals surface area contributed by atoms with Gasteiger partial charge in [0.2, 0.25) is 0 Å². The maximum Gasteiger partial charge on any atom is 0.410 e. The highest BCUT2D eigenvalue weighted by atomic mass is 16.6. The molecule has 5 rings (SSSR count). The van der Waals surface area contributed by atoms with Crippen molar-refractivity contribution in [1.82, 2.24) is 25.0 Å². The molecule has 1 aromatic carbocycles. The minimum Gasteiger partial charge on any atom is -0.444 e. The maximum atomic E-state index is 13.1. The number of carbonyl (C=O) groups excluding carboxylic acids is 3. The van der Waals surface area contributed by atoms with Gasteiger partial charge < -0.3 is 15.0 Å². The van der Waals surface area contributed by atoms with Gasteiger partial charge in [0.15, 0.2) is 0 Å². The van der Waals surface area contributed by atoms with Gasteiger partial charge in [0.25, 0.3) is 11.8 Å². The molecule has 9 nitrogen and oxygen atoms in total. The second-order valence-corrected chi connectivity index (χ2v) is 12.0. The van der Waals surface area contributed by atoms with Crippen LogP contribution >= 0.6 is 0 Å². The molecule has 40 heavy (non-hydrogen) atoms. The van der Waals surface area contributed by atoms with Crippen molar-refractivity contribution in [2.24, 2.45) is 0 Å². The summed E-state index contributed by atoms with van der Waals surface area (Å²) in [6.45, 7) is 9.61. The predicted molar refractivity (Wildman–Crippen MR) is 152 cm³/mol. The van der Waals surface area contributed by atoms with E-state index in [1.54, 1.807) is 24.3 Å². The molecule has 1 saturated heterocycles. The fourth-order valence-electron chi connectivity index (χ4n) is 6.10. The number of unbranched alkanes of at least 4 members (excludes halogenated alkanes) is 1. The van der Waals surface area contributed by atoms with Crippen molar-refractivity contribution < 1.29 is 19.1 Å². The van der Waals surface area contributed by atoms with Gasteiger partial charge in [0.1, 0.15) is 5.60 Å². The summed E-state index contributed by atoms with van der Waals surface area (Å²) in [5.74, 6) is -0.409. The molecule has 1 fully saturated rings. The second-order valence-electron chi connectivity index (χ2n) is 12.0. The predicted octanol–water partition coefficient (Wildman–Crippen LogP) is 4.05. The molecular weight excluding hydrogens is 506 g/mol. The molecule has 0 spiro atoms. The first kappa shape index (κ1) is 28.2. The number of hydrogen-bond donors (Lipinski definition) is 1. The van der Waals surface area contributed by atoms with E-state index in [1.165, 1.54) is 10.5 Å². The van der Waals surface area contributed by atoms with Crippen LogP contribution < -0.4 is 5.32 Å². The van der Waals surface area contributed by atoms with E-state index in [1.807, 2.05) is 37.9 Å². The van der Waals surface area contributed by atoms with Crippen LogP contribution in [0.2, 0.25) is 0 Å². The van der Waals surface area contributed by atoms with Crippen molar-refractivity contribution in [2.75, 3.05) is 39.3 Å². The van der Waals surface area contributed by atoms with E-state index in [2.05, 4.69) is 16.3 Å². The van der Waals surface area contributed by atoms with E-state index in [0.717, 1.165) is 44.5 Å². The zero-order valence-electron chi connectivity index (χ0n) is 23.9. The largest absolute Gasteiger partial charge is 0.444 e. The van der Waals surface area contributed by atoms with Crippen LogP contribution in [0.25, 0.3) is 0 Å². The van der Waals surface area contributed by atoms with Gasteiger partial charge in [-0.1, -0.05) is 18.2 Å². The Bertz CT molecular complexity index is 1210. The van der Waals surface area contributed by atoms with Crippen molar-refractivity contribution in [3.63, 3.8) is 0 Å². The average molecular weight is 548 g/mol. The van der Waals surface area contributed by atoms with Gasteiger partial charge in [-0.3, -0.25) is 24.4 Å². The molecule has 0 unspecified atom stereocenters.